The van der Waals surface area contributed by atoms with Crippen LogP contribution in [0.15, 0.2) is 24.4 Å². The summed E-state index contributed by atoms with van der Waals surface area (Å²) in [7, 11) is 0. The van der Waals surface area contributed by atoms with Gasteiger partial charge in [-0.1, -0.05) is 23.8 Å². The Labute approximate surface area is 121 Å². The van der Waals surface area contributed by atoms with E-state index in [-0.39, 0.29) is 0 Å². The van der Waals surface area contributed by atoms with E-state index >= 15 is 0 Å². The Bertz CT molecular complexity index is 607. The Morgan fingerprint density at radius 1 is 1.20 bits per heavy atom. The van der Waals surface area contributed by atoms with E-state index in [0.717, 1.165) is 18.8 Å². The van der Waals surface area contributed by atoms with E-state index in [1.807, 2.05) is 0 Å². The third-order valence-electron chi connectivity index (χ3n) is 4.24. The molecule has 1 aromatic carbocycles. The monoisotopic (exact) mass is 269 g/mol. The number of aryl methyl sites for hydroxylation is 3. The molecule has 0 amide bonds. The minimum Gasteiger partial charge on any atom is -0.315 e. The number of piperidine rings is 1. The number of rotatable bonds is 2. The van der Waals surface area contributed by atoms with Gasteiger partial charge in [-0.3, -0.25) is 4.68 Å². The Hall–Kier alpha value is -1.61. The lowest BCUT2D eigenvalue weighted by molar-refractivity contribution is 0.346. The molecule has 2 heterocycles. The van der Waals surface area contributed by atoms with Crippen molar-refractivity contribution in [1.82, 2.24) is 15.1 Å². The van der Waals surface area contributed by atoms with Crippen LogP contribution in [0.2, 0.25) is 0 Å². The quantitative estimate of drug-likeness (QED) is 0.905. The topological polar surface area (TPSA) is 29.9 Å². The Balaban J connectivity index is 1.98. The summed E-state index contributed by atoms with van der Waals surface area (Å²) < 4.78 is 2.17. The van der Waals surface area contributed by atoms with E-state index in [4.69, 9.17) is 5.10 Å². The molecule has 20 heavy (non-hydrogen) atoms. The maximum absolute atomic E-state index is 4.76. The van der Waals surface area contributed by atoms with Crippen molar-refractivity contribution in [1.29, 1.82) is 0 Å². The zero-order valence-electron chi connectivity index (χ0n) is 12.6. The van der Waals surface area contributed by atoms with Crippen molar-refractivity contribution in [3.05, 3.63) is 41.2 Å². The van der Waals surface area contributed by atoms with E-state index in [9.17, 15) is 0 Å². The van der Waals surface area contributed by atoms with Crippen molar-refractivity contribution in [2.24, 2.45) is 0 Å². The first kappa shape index (κ1) is 13.4. The molecular weight excluding hydrogens is 246 g/mol. The maximum atomic E-state index is 4.76. The average Bonchev–Trinajstić information content (AvgIpc) is 2.84. The molecule has 1 saturated heterocycles. The molecule has 2 aromatic rings. The third kappa shape index (κ3) is 2.50. The molecule has 0 aliphatic carbocycles. The molecule has 0 radical (unpaired) electrons. The van der Waals surface area contributed by atoms with Crippen molar-refractivity contribution in [2.45, 2.75) is 39.7 Å². The highest BCUT2D eigenvalue weighted by molar-refractivity contribution is 5.69. The van der Waals surface area contributed by atoms with Crippen molar-refractivity contribution < 1.29 is 0 Å². The number of aromatic nitrogens is 2. The van der Waals surface area contributed by atoms with Crippen molar-refractivity contribution in [2.75, 3.05) is 13.1 Å². The number of hydrogen-bond acceptors (Lipinski definition) is 2. The van der Waals surface area contributed by atoms with Gasteiger partial charge in [0.25, 0.3) is 0 Å². The summed E-state index contributed by atoms with van der Waals surface area (Å²) in [5, 5.41) is 8.22. The normalized spacial score (nSPS) is 19.2. The predicted octanol–water partition coefficient (Wildman–Crippen LogP) is 3.40. The Kier molecular flexibility index (Phi) is 3.62. The maximum Gasteiger partial charge on any atom is 0.0672 e. The van der Waals surface area contributed by atoms with Gasteiger partial charge in [0, 0.05) is 18.3 Å². The summed E-state index contributed by atoms with van der Waals surface area (Å²) in [5.74, 6) is 0. The summed E-state index contributed by atoms with van der Waals surface area (Å²) >= 11 is 0. The largest absolute Gasteiger partial charge is 0.315 e. The first-order chi connectivity index (χ1) is 9.65. The third-order valence-corrected chi connectivity index (χ3v) is 4.24. The summed E-state index contributed by atoms with van der Waals surface area (Å²) in [5.41, 5.74) is 6.34. The first-order valence-corrected chi connectivity index (χ1v) is 7.49. The van der Waals surface area contributed by atoms with Crippen LogP contribution >= 0.6 is 0 Å². The van der Waals surface area contributed by atoms with E-state index in [0.29, 0.717) is 6.04 Å². The molecule has 0 saturated carbocycles. The molecule has 1 atom stereocenters. The molecule has 106 valence electrons. The lowest BCUT2D eigenvalue weighted by Crippen LogP contribution is -2.31. The molecule has 3 heteroatoms. The predicted molar refractivity (Wildman–Crippen MR) is 83.0 cm³/mol. The van der Waals surface area contributed by atoms with Gasteiger partial charge in [0.1, 0.15) is 0 Å². The molecule has 3 rings (SSSR count). The molecule has 1 unspecified atom stereocenters. The molecule has 0 bridgehead atoms. The van der Waals surface area contributed by atoms with Gasteiger partial charge in [-0.2, -0.15) is 5.10 Å². The van der Waals surface area contributed by atoms with Gasteiger partial charge in [-0.15, -0.1) is 0 Å². The molecule has 1 fully saturated rings. The molecule has 0 spiro atoms. The van der Waals surface area contributed by atoms with Crippen molar-refractivity contribution in [3.8, 4) is 11.1 Å². The van der Waals surface area contributed by atoms with E-state index in [1.54, 1.807) is 0 Å². The van der Waals surface area contributed by atoms with Gasteiger partial charge in [0.2, 0.25) is 0 Å². The number of hydrogen-bond donors (Lipinski definition) is 1. The van der Waals surface area contributed by atoms with Crippen LogP contribution in [0.1, 0.15) is 35.7 Å². The van der Waals surface area contributed by atoms with Crippen molar-refractivity contribution in [3.63, 3.8) is 0 Å². The summed E-state index contributed by atoms with van der Waals surface area (Å²) in [6.07, 6.45) is 4.69. The fourth-order valence-corrected chi connectivity index (χ4v) is 3.02. The van der Waals surface area contributed by atoms with Crippen LogP contribution in [-0.2, 0) is 0 Å². The summed E-state index contributed by atoms with van der Waals surface area (Å²) in [4.78, 5) is 0. The second-order valence-corrected chi connectivity index (χ2v) is 5.93. The Morgan fingerprint density at radius 3 is 2.80 bits per heavy atom. The molecule has 1 aliphatic heterocycles. The molecular formula is C17H23N3. The van der Waals surface area contributed by atoms with Gasteiger partial charge in [0.05, 0.1) is 11.7 Å². The minimum absolute atomic E-state index is 0.501. The van der Waals surface area contributed by atoms with Crippen LogP contribution in [0.25, 0.3) is 11.1 Å². The smallest absolute Gasteiger partial charge is 0.0672 e. The highest BCUT2D eigenvalue weighted by Gasteiger charge is 2.18. The molecule has 1 aromatic heterocycles. The number of benzene rings is 1. The molecule has 1 N–H and O–H groups in total. The summed E-state index contributed by atoms with van der Waals surface area (Å²) in [6.45, 7) is 8.61. The van der Waals surface area contributed by atoms with Crippen LogP contribution in [0.5, 0.6) is 0 Å². The highest BCUT2D eigenvalue weighted by Crippen LogP contribution is 2.29. The minimum atomic E-state index is 0.501. The second-order valence-electron chi connectivity index (χ2n) is 5.93. The first-order valence-electron chi connectivity index (χ1n) is 7.49. The fourth-order valence-electron chi connectivity index (χ4n) is 3.02. The fraction of sp³-hybridized carbons (Fsp3) is 0.471. The van der Waals surface area contributed by atoms with Crippen LogP contribution in [0.3, 0.4) is 0 Å². The van der Waals surface area contributed by atoms with E-state index in [1.165, 1.54) is 35.1 Å². The van der Waals surface area contributed by atoms with Gasteiger partial charge in [-0.25, -0.2) is 0 Å². The van der Waals surface area contributed by atoms with Gasteiger partial charge in [-0.05, 0) is 51.3 Å². The molecule has 3 nitrogen and oxygen atoms in total. The van der Waals surface area contributed by atoms with Crippen molar-refractivity contribution >= 4 is 0 Å². The van der Waals surface area contributed by atoms with Gasteiger partial charge in [0.15, 0.2) is 0 Å². The van der Waals surface area contributed by atoms with Crippen LogP contribution < -0.4 is 5.32 Å². The second kappa shape index (κ2) is 5.41. The zero-order valence-corrected chi connectivity index (χ0v) is 12.6. The standard InChI is InChI=1S/C17H23N3/c1-12-6-7-13(2)16(9-12)17-11-20(19-14(17)3)15-5-4-8-18-10-15/h6-7,9,11,15,18H,4-5,8,10H2,1-3H3. The number of nitrogens with one attached hydrogen (secondary N) is 1. The van der Waals surface area contributed by atoms with E-state index < -0.39 is 0 Å². The van der Waals surface area contributed by atoms with Gasteiger partial charge >= 0.3 is 0 Å². The van der Waals surface area contributed by atoms with Crippen LogP contribution in [0.4, 0.5) is 0 Å². The van der Waals surface area contributed by atoms with Gasteiger partial charge < -0.3 is 5.32 Å². The van der Waals surface area contributed by atoms with E-state index in [2.05, 4.69) is 55.2 Å². The highest BCUT2D eigenvalue weighted by atomic mass is 15.3. The van der Waals surface area contributed by atoms with Crippen LogP contribution in [-0.4, -0.2) is 22.9 Å². The average molecular weight is 269 g/mol. The SMILES string of the molecule is Cc1ccc(C)c(-c2cn(C3CCCNC3)nc2C)c1. The molecule has 1 aliphatic rings. The Morgan fingerprint density at radius 2 is 2.05 bits per heavy atom. The lowest BCUT2D eigenvalue weighted by Gasteiger charge is -2.22. The zero-order chi connectivity index (χ0) is 14.1. The number of nitrogens with zero attached hydrogens (tertiary/aromatic N) is 2. The van der Waals surface area contributed by atoms with Crippen LogP contribution in [0, 0.1) is 20.8 Å². The lowest BCUT2D eigenvalue weighted by atomic mass is 9.99. The summed E-state index contributed by atoms with van der Waals surface area (Å²) in [6, 6.07) is 7.14.